The molecule has 0 atom stereocenters. The number of ether oxygens (including phenoxy) is 1. The van der Waals surface area contributed by atoms with Gasteiger partial charge in [-0.15, -0.1) is 0 Å². The van der Waals surface area contributed by atoms with Gasteiger partial charge in [0, 0.05) is 38.5 Å². The molecule has 7 heteroatoms. The monoisotopic (exact) mass is 723 g/mol. The summed E-state index contributed by atoms with van der Waals surface area (Å²) in [5.74, 6) is 1.93. The zero-order valence-electron chi connectivity index (χ0n) is 26.0. The van der Waals surface area contributed by atoms with Crippen molar-refractivity contribution in [2.75, 3.05) is 5.73 Å². The normalized spacial score (nSPS) is 9.88. The van der Waals surface area contributed by atoms with Crippen molar-refractivity contribution in [3.8, 4) is 28.3 Å². The predicted molar refractivity (Wildman–Crippen MR) is 171 cm³/mol. The van der Waals surface area contributed by atoms with Crippen molar-refractivity contribution >= 4 is 16.7 Å². The van der Waals surface area contributed by atoms with Crippen LogP contribution in [0.5, 0.6) is 11.5 Å². The van der Waals surface area contributed by atoms with E-state index in [1.54, 1.807) is 0 Å². The average molecular weight is 724 g/mol. The van der Waals surface area contributed by atoms with Gasteiger partial charge in [0.15, 0.2) is 5.82 Å². The molecule has 2 aromatic heterocycles. The standard InChI is InChI=1S/C29H28N4O2.2C2H6.CH3.W/c1-16-17(2)19(4)27(20(5)18(16)3)35-23-13-11-21(12-14-23)24-15-33(22-9-7-6-8-10-22)26-25(24)28(30)31-32-29(26)34;2*1-2;;/h6-15H,1-5H3,(H2,30,31)(H,32,34);2*1-2H3;1H3;/q;;;-1;. The first-order valence-corrected chi connectivity index (χ1v) is 13.6. The molecule has 3 N–H and O–H groups in total. The van der Waals surface area contributed by atoms with E-state index in [1.807, 2.05) is 93.1 Å². The first kappa shape index (κ1) is 35.4. The van der Waals surface area contributed by atoms with E-state index in [1.165, 1.54) is 16.7 Å². The van der Waals surface area contributed by atoms with Crippen LogP contribution in [-0.2, 0) is 21.1 Å². The Bertz CT molecular complexity index is 1610. The van der Waals surface area contributed by atoms with Gasteiger partial charge in [-0.1, -0.05) is 58.0 Å². The summed E-state index contributed by atoms with van der Waals surface area (Å²) in [7, 11) is 0. The smallest absolute Gasteiger partial charge is 0.289 e. The first-order chi connectivity index (χ1) is 18.8. The molecule has 0 aliphatic heterocycles. The third-order valence-corrected chi connectivity index (χ3v) is 7.11. The number of nitrogens with one attached hydrogen (secondary N) is 1. The fourth-order valence-electron chi connectivity index (χ4n) is 4.66. The molecule has 2 heterocycles. The van der Waals surface area contributed by atoms with Crippen LogP contribution in [0.3, 0.4) is 0 Å². The van der Waals surface area contributed by atoms with Gasteiger partial charge in [0.05, 0.1) is 5.39 Å². The maximum atomic E-state index is 12.8. The number of nitrogens with two attached hydrogens (primary N) is 1. The summed E-state index contributed by atoms with van der Waals surface area (Å²) >= 11 is 0. The van der Waals surface area contributed by atoms with Gasteiger partial charge in [0.1, 0.15) is 17.0 Å². The van der Waals surface area contributed by atoms with Crippen LogP contribution >= 0.6 is 0 Å². The van der Waals surface area contributed by atoms with Gasteiger partial charge in [-0.25, -0.2) is 5.10 Å². The van der Waals surface area contributed by atoms with Gasteiger partial charge in [-0.05, 0) is 92.3 Å². The predicted octanol–water partition coefficient (Wildman–Crippen LogP) is 8.80. The second kappa shape index (κ2) is 15.4. The van der Waals surface area contributed by atoms with Crippen molar-refractivity contribution in [1.29, 1.82) is 0 Å². The molecule has 41 heavy (non-hydrogen) atoms. The number of para-hydroxylation sites is 1. The molecular weight excluding hydrogens is 680 g/mol. The van der Waals surface area contributed by atoms with Crippen LogP contribution in [-0.4, -0.2) is 14.8 Å². The molecule has 0 spiro atoms. The number of anilines is 1. The number of benzene rings is 3. The van der Waals surface area contributed by atoms with Crippen molar-refractivity contribution in [1.82, 2.24) is 14.8 Å². The number of nitrogen functional groups attached to an aromatic ring is 1. The maximum Gasteiger partial charge on any atom is 0.289 e. The molecule has 0 aliphatic carbocycles. The Balaban J connectivity index is 0.00000134. The topological polar surface area (TPSA) is 85.9 Å². The molecule has 0 amide bonds. The molecule has 0 radical (unpaired) electrons. The number of hydrogen-bond acceptors (Lipinski definition) is 4. The molecule has 0 fully saturated rings. The van der Waals surface area contributed by atoms with Crippen LogP contribution < -0.4 is 16.0 Å². The maximum absolute atomic E-state index is 12.8. The summed E-state index contributed by atoms with van der Waals surface area (Å²) in [5.41, 5.74) is 15.2. The molecule has 6 nitrogen and oxygen atoms in total. The molecule has 3 aromatic carbocycles. The Morgan fingerprint density at radius 1 is 0.780 bits per heavy atom. The fourth-order valence-corrected chi connectivity index (χ4v) is 4.66. The van der Waals surface area contributed by atoms with Gasteiger partial charge in [-0.2, -0.15) is 5.10 Å². The summed E-state index contributed by atoms with van der Waals surface area (Å²) in [4.78, 5) is 12.8. The summed E-state index contributed by atoms with van der Waals surface area (Å²) in [5, 5.41) is 7.15. The summed E-state index contributed by atoms with van der Waals surface area (Å²) in [6, 6.07) is 17.6. The Hall–Kier alpha value is -3.63. The van der Waals surface area contributed by atoms with Crippen LogP contribution in [0.15, 0.2) is 65.6 Å². The van der Waals surface area contributed by atoms with Gasteiger partial charge >= 0.3 is 0 Å². The van der Waals surface area contributed by atoms with E-state index in [0.717, 1.165) is 39.4 Å². The first-order valence-electron chi connectivity index (χ1n) is 13.6. The van der Waals surface area contributed by atoms with E-state index in [9.17, 15) is 4.79 Å². The molecule has 0 aliphatic rings. The van der Waals surface area contributed by atoms with E-state index in [-0.39, 0.29) is 39.9 Å². The van der Waals surface area contributed by atoms with E-state index >= 15 is 0 Å². The summed E-state index contributed by atoms with van der Waals surface area (Å²) in [6.07, 6.45) is 1.93. The average Bonchev–Trinajstić information content (AvgIpc) is 3.40. The van der Waals surface area contributed by atoms with Crippen molar-refractivity contribution in [2.24, 2.45) is 0 Å². The summed E-state index contributed by atoms with van der Waals surface area (Å²) in [6.45, 7) is 18.6. The second-order valence-electron chi connectivity index (χ2n) is 8.99. The molecule has 0 saturated carbocycles. The molecule has 0 bridgehead atoms. The Morgan fingerprint density at radius 2 is 1.29 bits per heavy atom. The zero-order chi connectivity index (χ0) is 28.9. The minimum atomic E-state index is -0.291. The number of hydrogen-bond donors (Lipinski definition) is 2. The van der Waals surface area contributed by atoms with Crippen molar-refractivity contribution in [3.05, 3.63) is 106 Å². The molecule has 0 unspecified atom stereocenters. The van der Waals surface area contributed by atoms with Gasteiger partial charge in [0.2, 0.25) is 0 Å². The van der Waals surface area contributed by atoms with Crippen LogP contribution in [0, 0.1) is 42.0 Å². The number of nitrogens with zero attached hydrogens (tertiary/aromatic N) is 2. The minimum absolute atomic E-state index is 0. The molecule has 5 aromatic rings. The minimum Gasteiger partial charge on any atom is -0.457 e. The van der Waals surface area contributed by atoms with E-state index in [0.29, 0.717) is 10.9 Å². The largest absolute Gasteiger partial charge is 0.457 e. The number of fused-ring (bicyclic) bond motifs is 1. The van der Waals surface area contributed by atoms with Gasteiger partial charge < -0.3 is 22.5 Å². The van der Waals surface area contributed by atoms with Crippen molar-refractivity contribution < 1.29 is 25.8 Å². The quantitative estimate of drug-likeness (QED) is 0.182. The van der Waals surface area contributed by atoms with Crippen LogP contribution in [0.2, 0.25) is 0 Å². The van der Waals surface area contributed by atoms with E-state index < -0.39 is 0 Å². The summed E-state index contributed by atoms with van der Waals surface area (Å²) < 4.78 is 8.21. The Morgan fingerprint density at radius 3 is 1.83 bits per heavy atom. The van der Waals surface area contributed by atoms with Gasteiger partial charge in [0.25, 0.3) is 5.56 Å². The van der Waals surface area contributed by atoms with E-state index in [2.05, 4.69) is 44.8 Å². The van der Waals surface area contributed by atoms with E-state index in [4.69, 9.17) is 10.5 Å². The number of aromatic nitrogens is 3. The Labute approximate surface area is 259 Å². The van der Waals surface area contributed by atoms with Crippen molar-refractivity contribution in [2.45, 2.75) is 62.3 Å². The molecule has 218 valence electrons. The fraction of sp³-hybridized carbons (Fsp3) is 0.265. The zero-order valence-corrected chi connectivity index (χ0v) is 28.9. The number of aromatic amines is 1. The van der Waals surface area contributed by atoms with Crippen LogP contribution in [0.1, 0.15) is 55.5 Å². The SMILES string of the molecule is CC.CC.Cc1c(C)c(C)c(Oc2ccc(-c3cn(-c4ccccc4)c4c(=O)[nH]nc(N)c34)cc2)c(C)c1C.[CH3-].[W]. The van der Waals surface area contributed by atoms with Crippen LogP contribution in [0.25, 0.3) is 27.7 Å². The van der Waals surface area contributed by atoms with Gasteiger partial charge in [-0.3, -0.25) is 4.79 Å². The second-order valence-corrected chi connectivity index (χ2v) is 8.99. The van der Waals surface area contributed by atoms with Crippen LogP contribution in [0.4, 0.5) is 5.82 Å². The van der Waals surface area contributed by atoms with Crippen molar-refractivity contribution in [3.63, 3.8) is 0 Å². The number of rotatable bonds is 4. The third-order valence-electron chi connectivity index (χ3n) is 7.11. The number of H-pyrrole nitrogens is 1. The molecular formula is C34H43N4O2W-. The Kier molecular flexibility index (Phi) is 13.3. The molecule has 5 rings (SSSR count). The molecule has 0 saturated heterocycles. The third kappa shape index (κ3) is 6.82.